The number of hydrogen-bond acceptors (Lipinski definition) is 4. The van der Waals surface area contributed by atoms with Crippen LogP contribution in [-0.2, 0) is 13.2 Å². The molecule has 0 fully saturated rings. The number of likely N-dealkylation sites (N-methyl/N-ethyl adjacent to an activating group) is 1. The van der Waals surface area contributed by atoms with Crippen LogP contribution in [0.1, 0.15) is 33.3 Å². The largest absolute Gasteiger partial charge is 0.489 e. The number of hydrogen-bond donors (Lipinski definition) is 1. The Bertz CT molecular complexity index is 920. The SMILES string of the molecule is CN1Cc2ccccc2C(NC(=O)c2occc2COc2ccccc2)C1. The lowest BCUT2D eigenvalue weighted by atomic mass is 9.95. The first-order chi connectivity index (χ1) is 13.2. The molecule has 5 heteroatoms. The maximum atomic E-state index is 12.8. The van der Waals surface area contributed by atoms with E-state index in [2.05, 4.69) is 29.4 Å². The Morgan fingerprint density at radius 3 is 2.78 bits per heavy atom. The van der Waals surface area contributed by atoms with E-state index in [0.717, 1.165) is 30.0 Å². The zero-order chi connectivity index (χ0) is 18.6. The highest BCUT2D eigenvalue weighted by Gasteiger charge is 2.26. The van der Waals surface area contributed by atoms with Crippen molar-refractivity contribution in [1.29, 1.82) is 0 Å². The predicted molar refractivity (Wildman–Crippen MR) is 102 cm³/mol. The summed E-state index contributed by atoms with van der Waals surface area (Å²) in [5.74, 6) is 0.839. The Labute approximate surface area is 158 Å². The van der Waals surface area contributed by atoms with Crippen LogP contribution >= 0.6 is 0 Å². The van der Waals surface area contributed by atoms with Crippen LogP contribution in [0.4, 0.5) is 0 Å². The first-order valence-corrected chi connectivity index (χ1v) is 9.02. The van der Waals surface area contributed by atoms with E-state index in [9.17, 15) is 4.79 Å². The van der Waals surface area contributed by atoms with Crippen LogP contribution in [0.3, 0.4) is 0 Å². The number of fused-ring (bicyclic) bond motifs is 1. The van der Waals surface area contributed by atoms with Gasteiger partial charge in [0, 0.05) is 18.7 Å². The number of rotatable bonds is 5. The molecule has 0 saturated heterocycles. The van der Waals surface area contributed by atoms with Gasteiger partial charge in [0.05, 0.1) is 12.3 Å². The van der Waals surface area contributed by atoms with Crippen molar-refractivity contribution in [3.63, 3.8) is 0 Å². The number of carbonyl (C=O) groups excluding carboxylic acids is 1. The van der Waals surface area contributed by atoms with E-state index in [4.69, 9.17) is 9.15 Å². The summed E-state index contributed by atoms with van der Waals surface area (Å²) in [5.41, 5.74) is 3.13. The molecule has 4 rings (SSSR count). The molecule has 1 aliphatic rings. The smallest absolute Gasteiger partial charge is 0.287 e. The van der Waals surface area contributed by atoms with E-state index < -0.39 is 0 Å². The van der Waals surface area contributed by atoms with Crippen molar-refractivity contribution >= 4 is 5.91 Å². The number of para-hydroxylation sites is 1. The molecular weight excluding hydrogens is 340 g/mol. The number of benzene rings is 2. The van der Waals surface area contributed by atoms with Gasteiger partial charge < -0.3 is 14.5 Å². The average molecular weight is 362 g/mol. The third kappa shape index (κ3) is 3.88. The van der Waals surface area contributed by atoms with Gasteiger partial charge in [-0.1, -0.05) is 42.5 Å². The Morgan fingerprint density at radius 2 is 1.93 bits per heavy atom. The topological polar surface area (TPSA) is 54.7 Å². The Balaban J connectivity index is 1.47. The van der Waals surface area contributed by atoms with Gasteiger partial charge in [-0.15, -0.1) is 0 Å². The molecule has 1 aliphatic heterocycles. The first-order valence-electron chi connectivity index (χ1n) is 9.02. The normalized spacial score (nSPS) is 16.6. The van der Waals surface area contributed by atoms with E-state index >= 15 is 0 Å². The van der Waals surface area contributed by atoms with Crippen molar-refractivity contribution in [1.82, 2.24) is 10.2 Å². The molecule has 27 heavy (non-hydrogen) atoms. The molecule has 3 aromatic rings. The first kappa shape index (κ1) is 17.4. The molecule has 0 bridgehead atoms. The van der Waals surface area contributed by atoms with Gasteiger partial charge in [-0.05, 0) is 36.4 Å². The van der Waals surface area contributed by atoms with Crippen molar-refractivity contribution in [3.05, 3.63) is 89.4 Å². The minimum absolute atomic E-state index is 0.0690. The third-order valence-corrected chi connectivity index (χ3v) is 4.76. The summed E-state index contributed by atoms with van der Waals surface area (Å²) in [5, 5.41) is 3.12. The maximum absolute atomic E-state index is 12.8. The molecule has 2 aromatic carbocycles. The highest BCUT2D eigenvalue weighted by atomic mass is 16.5. The van der Waals surface area contributed by atoms with Crippen LogP contribution in [0.5, 0.6) is 5.75 Å². The molecule has 1 aromatic heterocycles. The fourth-order valence-electron chi connectivity index (χ4n) is 3.46. The van der Waals surface area contributed by atoms with Crippen molar-refractivity contribution in [2.75, 3.05) is 13.6 Å². The van der Waals surface area contributed by atoms with Crippen molar-refractivity contribution < 1.29 is 13.9 Å². The monoisotopic (exact) mass is 362 g/mol. The van der Waals surface area contributed by atoms with Crippen molar-refractivity contribution in [3.8, 4) is 5.75 Å². The molecule has 1 atom stereocenters. The highest BCUT2D eigenvalue weighted by molar-refractivity contribution is 5.93. The minimum Gasteiger partial charge on any atom is -0.489 e. The molecule has 138 valence electrons. The average Bonchev–Trinajstić information content (AvgIpc) is 3.16. The molecule has 1 unspecified atom stereocenters. The zero-order valence-corrected chi connectivity index (χ0v) is 15.2. The number of carbonyl (C=O) groups is 1. The summed E-state index contributed by atoms with van der Waals surface area (Å²) in [6, 6.07) is 19.5. The minimum atomic E-state index is -0.221. The number of nitrogens with zero attached hydrogens (tertiary/aromatic N) is 1. The lowest BCUT2D eigenvalue weighted by Gasteiger charge is -2.32. The number of amides is 1. The Kier molecular flexibility index (Phi) is 4.94. The molecule has 1 N–H and O–H groups in total. The summed E-state index contributed by atoms with van der Waals surface area (Å²) in [7, 11) is 2.06. The van der Waals surface area contributed by atoms with Crippen LogP contribution in [0.25, 0.3) is 0 Å². The van der Waals surface area contributed by atoms with E-state index in [1.54, 1.807) is 6.07 Å². The van der Waals surface area contributed by atoms with Crippen molar-refractivity contribution in [2.45, 2.75) is 19.2 Å². The molecule has 0 radical (unpaired) electrons. The maximum Gasteiger partial charge on any atom is 0.287 e. The number of nitrogens with one attached hydrogen (secondary N) is 1. The lowest BCUT2D eigenvalue weighted by Crippen LogP contribution is -2.40. The van der Waals surface area contributed by atoms with Gasteiger partial charge in [-0.25, -0.2) is 0 Å². The second-order valence-electron chi connectivity index (χ2n) is 6.80. The molecule has 2 heterocycles. The molecular formula is C22H22N2O3. The standard InChI is InChI=1S/C22H22N2O3/c1-24-13-16-7-5-6-10-19(16)20(14-24)23-22(25)21-17(11-12-26-21)15-27-18-8-3-2-4-9-18/h2-12,20H,13-15H2,1H3,(H,23,25). The summed E-state index contributed by atoms with van der Waals surface area (Å²) < 4.78 is 11.2. The van der Waals surface area contributed by atoms with Gasteiger partial charge in [0.15, 0.2) is 5.76 Å². The zero-order valence-electron chi connectivity index (χ0n) is 15.2. The molecule has 1 amide bonds. The lowest BCUT2D eigenvalue weighted by molar-refractivity contribution is 0.0890. The van der Waals surface area contributed by atoms with Crippen LogP contribution in [-0.4, -0.2) is 24.4 Å². The van der Waals surface area contributed by atoms with Crippen LogP contribution in [0, 0.1) is 0 Å². The Morgan fingerprint density at radius 1 is 1.15 bits per heavy atom. The molecule has 5 nitrogen and oxygen atoms in total. The Hall–Kier alpha value is -3.05. The number of furan rings is 1. The van der Waals surface area contributed by atoms with E-state index in [0.29, 0.717) is 5.76 Å². The van der Waals surface area contributed by atoms with Crippen LogP contribution in [0.2, 0.25) is 0 Å². The molecule has 0 spiro atoms. The van der Waals surface area contributed by atoms with Gasteiger partial charge in [-0.3, -0.25) is 9.69 Å². The van der Waals surface area contributed by atoms with E-state index in [1.165, 1.54) is 11.8 Å². The highest BCUT2D eigenvalue weighted by Crippen LogP contribution is 2.26. The van der Waals surface area contributed by atoms with Gasteiger partial charge >= 0.3 is 0 Å². The van der Waals surface area contributed by atoms with E-state index in [-0.39, 0.29) is 18.6 Å². The summed E-state index contributed by atoms with van der Waals surface area (Å²) >= 11 is 0. The second-order valence-corrected chi connectivity index (χ2v) is 6.80. The second kappa shape index (κ2) is 7.68. The van der Waals surface area contributed by atoms with E-state index in [1.807, 2.05) is 42.5 Å². The van der Waals surface area contributed by atoms with Crippen molar-refractivity contribution in [2.24, 2.45) is 0 Å². The number of ether oxygens (including phenoxy) is 1. The summed E-state index contributed by atoms with van der Waals surface area (Å²) in [4.78, 5) is 15.0. The van der Waals surface area contributed by atoms with Gasteiger partial charge in [0.1, 0.15) is 12.4 Å². The summed E-state index contributed by atoms with van der Waals surface area (Å²) in [6.07, 6.45) is 1.53. The van der Waals surface area contributed by atoms with Gasteiger partial charge in [0.2, 0.25) is 0 Å². The fraction of sp³-hybridized carbons (Fsp3) is 0.227. The predicted octanol–water partition coefficient (Wildman–Crippen LogP) is 3.78. The third-order valence-electron chi connectivity index (χ3n) is 4.76. The molecule has 0 aliphatic carbocycles. The van der Waals surface area contributed by atoms with Gasteiger partial charge in [0.25, 0.3) is 5.91 Å². The quantitative estimate of drug-likeness (QED) is 0.751. The summed E-state index contributed by atoms with van der Waals surface area (Å²) in [6.45, 7) is 1.93. The van der Waals surface area contributed by atoms with Gasteiger partial charge in [-0.2, -0.15) is 0 Å². The molecule has 0 saturated carbocycles. The fourth-order valence-corrected chi connectivity index (χ4v) is 3.46. The van der Waals surface area contributed by atoms with Crippen LogP contribution in [0.15, 0.2) is 71.3 Å². The van der Waals surface area contributed by atoms with Crippen LogP contribution < -0.4 is 10.1 Å².